The number of urea groups is 1. The molecule has 1 aliphatic rings. The summed E-state index contributed by atoms with van der Waals surface area (Å²) in [6.07, 6.45) is 3.26. The second-order valence-electron chi connectivity index (χ2n) is 9.84. The number of H-pyrrole nitrogens is 1. The van der Waals surface area contributed by atoms with E-state index in [-0.39, 0.29) is 17.9 Å². The lowest BCUT2D eigenvalue weighted by molar-refractivity contribution is 0.121. The van der Waals surface area contributed by atoms with E-state index in [2.05, 4.69) is 30.2 Å². The Kier molecular flexibility index (Phi) is 6.41. The van der Waals surface area contributed by atoms with E-state index >= 15 is 0 Å². The van der Waals surface area contributed by atoms with Gasteiger partial charge in [0.15, 0.2) is 0 Å². The molecule has 1 fully saturated rings. The molecule has 1 atom stereocenters. The van der Waals surface area contributed by atoms with E-state index in [1.165, 1.54) is 12.1 Å². The number of piperazine rings is 1. The molecule has 9 nitrogen and oxygen atoms in total. The predicted molar refractivity (Wildman–Crippen MR) is 140 cm³/mol. The van der Waals surface area contributed by atoms with Gasteiger partial charge in [-0.25, -0.2) is 24.1 Å². The van der Waals surface area contributed by atoms with Gasteiger partial charge in [0.1, 0.15) is 23.6 Å². The standard InChI is InChI=1S/C27H30FN7O2/c1-17(18-5-7-20(28)8-6-18)32-26(36)35-12-11-34(15-27(35,2)3)25-21-14-22(33-24(21)30-16-31-25)19-9-10-29-23(13-19)37-4/h5-10,13-14,16-17H,11-12,15H2,1-4H3,(H,32,36)(H,30,31,33). The number of nitrogens with zero attached hydrogens (tertiary/aromatic N) is 5. The van der Waals surface area contributed by atoms with Crippen LogP contribution in [0.15, 0.2) is 55.0 Å². The van der Waals surface area contributed by atoms with Crippen LogP contribution in [0.3, 0.4) is 0 Å². The lowest BCUT2D eigenvalue weighted by atomic mass is 9.98. The summed E-state index contributed by atoms with van der Waals surface area (Å²) < 4.78 is 18.5. The number of hydrogen-bond donors (Lipinski definition) is 2. The third-order valence-corrected chi connectivity index (χ3v) is 6.82. The van der Waals surface area contributed by atoms with E-state index < -0.39 is 5.54 Å². The third-order valence-electron chi connectivity index (χ3n) is 6.82. The molecule has 1 aliphatic heterocycles. The molecular weight excluding hydrogens is 473 g/mol. The number of fused-ring (bicyclic) bond motifs is 1. The summed E-state index contributed by atoms with van der Waals surface area (Å²) in [5, 5.41) is 3.97. The smallest absolute Gasteiger partial charge is 0.318 e. The predicted octanol–water partition coefficient (Wildman–Crippen LogP) is 4.54. The first-order chi connectivity index (χ1) is 17.7. The van der Waals surface area contributed by atoms with Gasteiger partial charge in [-0.05, 0) is 50.6 Å². The van der Waals surface area contributed by atoms with E-state index in [9.17, 15) is 9.18 Å². The zero-order chi connectivity index (χ0) is 26.2. The van der Waals surface area contributed by atoms with Crippen LogP contribution in [0, 0.1) is 5.82 Å². The topological polar surface area (TPSA) is 99.3 Å². The maximum atomic E-state index is 13.3. The Labute approximate surface area is 214 Å². The van der Waals surface area contributed by atoms with E-state index in [1.54, 1.807) is 31.8 Å². The van der Waals surface area contributed by atoms with Crippen LogP contribution in [0.1, 0.15) is 32.4 Å². The van der Waals surface area contributed by atoms with Crippen LogP contribution in [-0.4, -0.2) is 63.1 Å². The largest absolute Gasteiger partial charge is 0.481 e. The van der Waals surface area contributed by atoms with E-state index in [0.717, 1.165) is 33.7 Å². The normalized spacial score (nSPS) is 16.0. The average molecular weight is 504 g/mol. The Morgan fingerprint density at radius 3 is 2.65 bits per heavy atom. The van der Waals surface area contributed by atoms with E-state index in [4.69, 9.17) is 4.74 Å². The van der Waals surface area contributed by atoms with Gasteiger partial charge in [0, 0.05) is 43.2 Å². The number of nitrogens with one attached hydrogen (secondary N) is 2. The molecule has 2 N–H and O–H groups in total. The van der Waals surface area contributed by atoms with Crippen molar-refractivity contribution in [2.24, 2.45) is 0 Å². The Hall–Kier alpha value is -4.21. The van der Waals surface area contributed by atoms with Crippen LogP contribution >= 0.6 is 0 Å². The summed E-state index contributed by atoms with van der Waals surface area (Å²) in [6, 6.07) is 11.6. The molecule has 3 aromatic heterocycles. The third kappa shape index (κ3) is 4.91. The van der Waals surface area contributed by atoms with Gasteiger partial charge in [0.25, 0.3) is 0 Å². The van der Waals surface area contributed by atoms with Crippen molar-refractivity contribution < 1.29 is 13.9 Å². The van der Waals surface area contributed by atoms with Crippen LogP contribution < -0.4 is 15.0 Å². The first-order valence-electron chi connectivity index (χ1n) is 12.2. The highest BCUT2D eigenvalue weighted by molar-refractivity contribution is 5.92. The second-order valence-corrected chi connectivity index (χ2v) is 9.84. The van der Waals surface area contributed by atoms with Crippen LogP contribution in [0.25, 0.3) is 22.3 Å². The fraction of sp³-hybridized carbons (Fsp3) is 0.333. The number of ether oxygens (including phenoxy) is 1. The molecule has 1 unspecified atom stereocenters. The highest BCUT2D eigenvalue weighted by Crippen LogP contribution is 2.32. The number of anilines is 1. The van der Waals surface area contributed by atoms with Gasteiger partial charge in [-0.3, -0.25) is 0 Å². The minimum absolute atomic E-state index is 0.148. The lowest BCUT2D eigenvalue weighted by Gasteiger charge is -2.47. The molecular formula is C27H30FN7O2. The molecule has 0 radical (unpaired) electrons. The molecule has 0 saturated carbocycles. The highest BCUT2D eigenvalue weighted by Gasteiger charge is 2.38. The first-order valence-corrected chi connectivity index (χ1v) is 12.2. The molecule has 4 heterocycles. The second kappa shape index (κ2) is 9.68. The van der Waals surface area contributed by atoms with Crippen molar-refractivity contribution >= 4 is 22.9 Å². The number of rotatable bonds is 5. The van der Waals surface area contributed by atoms with Gasteiger partial charge in [0.2, 0.25) is 5.88 Å². The van der Waals surface area contributed by atoms with Crippen molar-refractivity contribution in [1.82, 2.24) is 30.2 Å². The van der Waals surface area contributed by atoms with Gasteiger partial charge in [-0.2, -0.15) is 0 Å². The van der Waals surface area contributed by atoms with Gasteiger partial charge >= 0.3 is 6.03 Å². The number of methoxy groups -OCH3 is 1. The summed E-state index contributed by atoms with van der Waals surface area (Å²) >= 11 is 0. The Bertz CT molecular complexity index is 1420. The Balaban J connectivity index is 1.34. The summed E-state index contributed by atoms with van der Waals surface area (Å²) in [5.74, 6) is 1.06. The van der Waals surface area contributed by atoms with Crippen molar-refractivity contribution in [2.45, 2.75) is 32.4 Å². The van der Waals surface area contributed by atoms with E-state index in [0.29, 0.717) is 25.5 Å². The molecule has 0 spiro atoms. The molecule has 4 aromatic rings. The number of carbonyl (C=O) groups is 1. The zero-order valence-electron chi connectivity index (χ0n) is 21.3. The number of benzene rings is 1. The molecule has 192 valence electrons. The fourth-order valence-electron chi connectivity index (χ4n) is 4.83. The number of amides is 2. The Morgan fingerprint density at radius 2 is 1.92 bits per heavy atom. The number of aromatic nitrogens is 4. The minimum Gasteiger partial charge on any atom is -0.481 e. The van der Waals surface area contributed by atoms with Crippen molar-refractivity contribution in [3.05, 3.63) is 66.4 Å². The first kappa shape index (κ1) is 24.5. The molecule has 1 aromatic carbocycles. The molecule has 2 amide bonds. The summed E-state index contributed by atoms with van der Waals surface area (Å²) in [5.41, 5.74) is 2.96. The van der Waals surface area contributed by atoms with Crippen molar-refractivity contribution in [3.63, 3.8) is 0 Å². The van der Waals surface area contributed by atoms with E-state index in [1.807, 2.05) is 43.9 Å². The van der Waals surface area contributed by atoms with Crippen molar-refractivity contribution in [2.75, 3.05) is 31.6 Å². The number of pyridine rings is 1. The number of aromatic amines is 1. The van der Waals surface area contributed by atoms with Gasteiger partial charge in [0.05, 0.1) is 24.1 Å². The van der Waals surface area contributed by atoms with Crippen molar-refractivity contribution in [1.29, 1.82) is 0 Å². The summed E-state index contributed by atoms with van der Waals surface area (Å²) in [6.45, 7) is 7.74. The molecule has 0 aliphatic carbocycles. The van der Waals surface area contributed by atoms with Crippen LogP contribution in [0.4, 0.5) is 15.0 Å². The molecule has 5 rings (SSSR count). The lowest BCUT2D eigenvalue weighted by Crippen LogP contribution is -2.63. The van der Waals surface area contributed by atoms with Crippen molar-refractivity contribution in [3.8, 4) is 17.1 Å². The number of halogens is 1. The molecule has 10 heteroatoms. The highest BCUT2D eigenvalue weighted by atomic mass is 19.1. The average Bonchev–Trinajstić information content (AvgIpc) is 3.33. The molecule has 37 heavy (non-hydrogen) atoms. The van der Waals surface area contributed by atoms with Gasteiger partial charge in [-0.1, -0.05) is 12.1 Å². The fourth-order valence-corrected chi connectivity index (χ4v) is 4.83. The Morgan fingerprint density at radius 1 is 1.14 bits per heavy atom. The van der Waals surface area contributed by atoms with Crippen LogP contribution in [0.5, 0.6) is 5.88 Å². The quantitative estimate of drug-likeness (QED) is 0.415. The van der Waals surface area contributed by atoms with Gasteiger partial charge in [-0.15, -0.1) is 0 Å². The molecule has 0 bridgehead atoms. The summed E-state index contributed by atoms with van der Waals surface area (Å²) in [4.78, 5) is 33.9. The zero-order valence-corrected chi connectivity index (χ0v) is 21.3. The maximum absolute atomic E-state index is 13.3. The number of hydrogen-bond acceptors (Lipinski definition) is 6. The van der Waals surface area contributed by atoms with Crippen LogP contribution in [-0.2, 0) is 0 Å². The minimum atomic E-state index is -0.459. The van der Waals surface area contributed by atoms with Gasteiger partial charge < -0.3 is 24.8 Å². The SMILES string of the molecule is COc1cc(-c2cc3c(N4CCN(C(=O)NC(C)c5ccc(F)cc5)C(C)(C)C4)ncnc3[nH]2)ccn1. The summed E-state index contributed by atoms with van der Waals surface area (Å²) in [7, 11) is 1.59. The van der Waals surface area contributed by atoms with Crippen LogP contribution in [0.2, 0.25) is 0 Å². The molecule has 1 saturated heterocycles. The number of carbonyl (C=O) groups excluding carboxylic acids is 1. The monoisotopic (exact) mass is 503 g/mol. The maximum Gasteiger partial charge on any atom is 0.318 e.